The first kappa shape index (κ1) is 13.3. The van der Waals surface area contributed by atoms with Crippen molar-refractivity contribution in [1.29, 1.82) is 0 Å². The van der Waals surface area contributed by atoms with E-state index in [0.29, 0.717) is 16.7 Å². The minimum Gasteiger partial charge on any atom is -0.495 e. The van der Waals surface area contributed by atoms with E-state index in [4.69, 9.17) is 39.5 Å². The highest BCUT2D eigenvalue weighted by Gasteiger charge is 2.13. The first-order chi connectivity index (χ1) is 8.58. The van der Waals surface area contributed by atoms with Crippen LogP contribution in [0.4, 0.5) is 5.69 Å². The van der Waals surface area contributed by atoms with Gasteiger partial charge >= 0.3 is 0 Å². The molecule has 1 aliphatic rings. The number of hydrogen-bond acceptors (Lipinski definition) is 5. The summed E-state index contributed by atoms with van der Waals surface area (Å²) in [5.41, 5.74) is -0.0164. The van der Waals surface area contributed by atoms with Crippen molar-refractivity contribution in [1.82, 2.24) is 5.32 Å². The summed E-state index contributed by atoms with van der Waals surface area (Å²) in [4.78, 5) is 7.80. The molecule has 0 bridgehead atoms. The van der Waals surface area contributed by atoms with E-state index in [1.807, 2.05) is 0 Å². The SMILES string of the molecule is COc1ccc(NC2=NC(Cl)N=C(Cl)N2)cc1Cl. The van der Waals surface area contributed by atoms with Gasteiger partial charge in [-0.3, -0.25) is 0 Å². The van der Waals surface area contributed by atoms with E-state index in [2.05, 4.69) is 20.6 Å². The maximum atomic E-state index is 6.00. The van der Waals surface area contributed by atoms with Crippen LogP contribution in [-0.2, 0) is 0 Å². The van der Waals surface area contributed by atoms with Crippen LogP contribution in [0.3, 0.4) is 0 Å². The zero-order chi connectivity index (χ0) is 13.1. The van der Waals surface area contributed by atoms with Gasteiger partial charge < -0.3 is 15.4 Å². The Morgan fingerprint density at radius 3 is 2.72 bits per heavy atom. The molecule has 0 amide bonds. The van der Waals surface area contributed by atoms with Gasteiger partial charge in [-0.05, 0) is 29.8 Å². The van der Waals surface area contributed by atoms with Crippen LogP contribution in [0.5, 0.6) is 5.75 Å². The predicted molar refractivity (Wildman–Crippen MR) is 75.1 cm³/mol. The smallest absolute Gasteiger partial charge is 0.221 e. The Labute approximate surface area is 119 Å². The minimum absolute atomic E-state index is 0.173. The molecular weight excluding hydrogens is 298 g/mol. The lowest BCUT2D eigenvalue weighted by Gasteiger charge is -2.16. The highest BCUT2D eigenvalue weighted by molar-refractivity contribution is 6.66. The molecule has 5 nitrogen and oxygen atoms in total. The van der Waals surface area contributed by atoms with Crippen LogP contribution < -0.4 is 15.4 Å². The number of alkyl halides is 1. The first-order valence-corrected chi connectivity index (χ1v) is 6.10. The molecule has 1 aromatic carbocycles. The molecular formula is C10H9Cl3N4O. The van der Waals surface area contributed by atoms with Crippen LogP contribution in [0.25, 0.3) is 0 Å². The third-order valence-corrected chi connectivity index (χ3v) is 2.77. The Hall–Kier alpha value is -1.17. The fourth-order valence-corrected chi connectivity index (χ4v) is 2.02. The predicted octanol–water partition coefficient (Wildman–Crippen LogP) is 2.84. The molecule has 96 valence electrons. The molecule has 0 saturated heterocycles. The van der Waals surface area contributed by atoms with Crippen molar-refractivity contribution in [2.45, 2.75) is 5.62 Å². The molecule has 0 aromatic heterocycles. The van der Waals surface area contributed by atoms with Crippen molar-refractivity contribution in [2.24, 2.45) is 9.98 Å². The number of ether oxygens (including phenoxy) is 1. The quantitative estimate of drug-likeness (QED) is 0.652. The molecule has 2 rings (SSSR count). The summed E-state index contributed by atoms with van der Waals surface area (Å²) in [6.07, 6.45) is 0. The van der Waals surface area contributed by atoms with Gasteiger partial charge in [0.1, 0.15) is 5.75 Å². The molecule has 0 aliphatic carbocycles. The van der Waals surface area contributed by atoms with Gasteiger partial charge in [0, 0.05) is 5.69 Å². The number of benzene rings is 1. The summed E-state index contributed by atoms with van der Waals surface area (Å²) in [5, 5.41) is 6.38. The Kier molecular flexibility index (Phi) is 4.16. The molecule has 8 heteroatoms. The van der Waals surface area contributed by atoms with Crippen LogP contribution in [-0.4, -0.2) is 24.0 Å². The van der Waals surface area contributed by atoms with E-state index in [0.717, 1.165) is 5.69 Å². The molecule has 1 atom stereocenters. The third kappa shape index (κ3) is 3.19. The fourth-order valence-electron chi connectivity index (χ4n) is 1.34. The van der Waals surface area contributed by atoms with Crippen LogP contribution in [0.15, 0.2) is 28.2 Å². The number of anilines is 1. The standard InChI is InChI=1S/C10H9Cl3N4O/c1-18-7-3-2-5(4-6(7)11)14-10-16-8(12)15-9(13)17-10/h2-4,8H,1H3,(H2,14,15,16,17). The molecule has 18 heavy (non-hydrogen) atoms. The molecule has 2 N–H and O–H groups in total. The van der Waals surface area contributed by atoms with E-state index in [1.165, 1.54) is 0 Å². The normalized spacial score (nSPS) is 18.6. The zero-order valence-corrected chi connectivity index (χ0v) is 11.5. The van der Waals surface area contributed by atoms with Gasteiger partial charge in [-0.25, -0.2) is 9.98 Å². The monoisotopic (exact) mass is 306 g/mol. The molecule has 1 aromatic rings. The van der Waals surface area contributed by atoms with E-state index >= 15 is 0 Å². The van der Waals surface area contributed by atoms with Crippen molar-refractivity contribution < 1.29 is 4.74 Å². The number of guanidine groups is 1. The minimum atomic E-state index is -0.741. The highest BCUT2D eigenvalue weighted by Crippen LogP contribution is 2.27. The van der Waals surface area contributed by atoms with E-state index in [9.17, 15) is 0 Å². The van der Waals surface area contributed by atoms with Crippen molar-refractivity contribution >= 4 is 51.7 Å². The molecule has 0 saturated carbocycles. The lowest BCUT2D eigenvalue weighted by atomic mass is 10.3. The number of halogens is 3. The van der Waals surface area contributed by atoms with Gasteiger partial charge in [0.2, 0.25) is 16.9 Å². The largest absolute Gasteiger partial charge is 0.495 e. The second kappa shape index (κ2) is 5.65. The van der Waals surface area contributed by atoms with Crippen molar-refractivity contribution in [3.05, 3.63) is 23.2 Å². The summed E-state index contributed by atoms with van der Waals surface area (Å²) in [5.74, 6) is 0.992. The summed E-state index contributed by atoms with van der Waals surface area (Å²) in [6.45, 7) is 0. The number of methoxy groups -OCH3 is 1. The average molecular weight is 308 g/mol. The maximum absolute atomic E-state index is 6.00. The second-order valence-electron chi connectivity index (χ2n) is 3.31. The zero-order valence-electron chi connectivity index (χ0n) is 9.25. The number of rotatable bonds is 2. The summed E-state index contributed by atoms with van der Waals surface area (Å²) in [6, 6.07) is 5.23. The van der Waals surface area contributed by atoms with Crippen LogP contribution >= 0.6 is 34.8 Å². The highest BCUT2D eigenvalue weighted by atomic mass is 35.5. The number of hydrogen-bond donors (Lipinski definition) is 2. The van der Waals surface area contributed by atoms with Gasteiger partial charge in [-0.2, -0.15) is 0 Å². The molecule has 0 spiro atoms. The number of nitrogens with zero attached hydrogens (tertiary/aromatic N) is 2. The van der Waals surface area contributed by atoms with Crippen molar-refractivity contribution in [3.8, 4) is 5.75 Å². The van der Waals surface area contributed by atoms with Crippen LogP contribution in [0.1, 0.15) is 0 Å². The number of amidine groups is 1. The number of nitrogens with one attached hydrogen (secondary N) is 2. The van der Waals surface area contributed by atoms with Crippen LogP contribution in [0.2, 0.25) is 5.02 Å². The molecule has 1 aliphatic heterocycles. The van der Waals surface area contributed by atoms with Gasteiger partial charge in [0.15, 0.2) is 0 Å². The Balaban J connectivity index is 2.13. The summed E-state index contributed by atoms with van der Waals surface area (Å²) < 4.78 is 5.06. The molecule has 1 unspecified atom stereocenters. The molecule has 1 heterocycles. The van der Waals surface area contributed by atoms with Crippen LogP contribution in [0, 0.1) is 0 Å². The van der Waals surface area contributed by atoms with E-state index in [-0.39, 0.29) is 5.29 Å². The lowest BCUT2D eigenvalue weighted by molar-refractivity contribution is 0.415. The number of aliphatic imine (C=N–C) groups is 2. The van der Waals surface area contributed by atoms with Gasteiger partial charge in [-0.15, -0.1) is 0 Å². The van der Waals surface area contributed by atoms with Crippen molar-refractivity contribution in [2.75, 3.05) is 12.4 Å². The average Bonchev–Trinajstić information content (AvgIpc) is 2.27. The summed E-state index contributed by atoms with van der Waals surface area (Å²) >= 11 is 17.5. The lowest BCUT2D eigenvalue weighted by Crippen LogP contribution is -2.37. The molecule has 0 fully saturated rings. The second-order valence-corrected chi connectivity index (χ2v) is 4.46. The van der Waals surface area contributed by atoms with Gasteiger partial charge in [0.25, 0.3) is 0 Å². The Morgan fingerprint density at radius 2 is 2.11 bits per heavy atom. The van der Waals surface area contributed by atoms with Gasteiger partial charge in [-0.1, -0.05) is 23.2 Å². The maximum Gasteiger partial charge on any atom is 0.221 e. The van der Waals surface area contributed by atoms with E-state index < -0.39 is 5.62 Å². The Morgan fingerprint density at radius 1 is 1.33 bits per heavy atom. The fraction of sp³-hybridized carbons (Fsp3) is 0.200. The third-order valence-electron chi connectivity index (χ3n) is 2.09. The summed E-state index contributed by atoms with van der Waals surface area (Å²) in [7, 11) is 1.55. The van der Waals surface area contributed by atoms with Gasteiger partial charge in [0.05, 0.1) is 12.1 Å². The molecule has 0 radical (unpaired) electrons. The topological polar surface area (TPSA) is 58.0 Å². The van der Waals surface area contributed by atoms with Crippen molar-refractivity contribution in [3.63, 3.8) is 0 Å². The first-order valence-electron chi connectivity index (χ1n) is 4.91. The Bertz CT molecular complexity index is 518. The van der Waals surface area contributed by atoms with E-state index in [1.54, 1.807) is 25.3 Å².